The Labute approximate surface area is 138 Å². The molecule has 0 aromatic heterocycles. The number of hydrogen-bond acceptors (Lipinski definition) is 4. The van der Waals surface area contributed by atoms with E-state index in [1.807, 2.05) is 0 Å². The molecule has 2 aromatic rings. The molecule has 122 valence electrons. The molecule has 2 aromatic carbocycles. The molecule has 0 aliphatic rings. The van der Waals surface area contributed by atoms with Gasteiger partial charge in [-0.25, -0.2) is 13.2 Å². The van der Waals surface area contributed by atoms with Crippen LogP contribution in [0.3, 0.4) is 0 Å². The summed E-state index contributed by atoms with van der Waals surface area (Å²) >= 11 is 3.11. The molecule has 4 nitrogen and oxygen atoms in total. The third-order valence-corrected chi connectivity index (χ3v) is 4.51. The average Bonchev–Trinajstić information content (AvgIpc) is 2.44. The van der Waals surface area contributed by atoms with E-state index in [-0.39, 0.29) is 23.4 Å². The summed E-state index contributed by atoms with van der Waals surface area (Å²) in [5, 5.41) is 0. The lowest BCUT2D eigenvalue weighted by atomic mass is 10.1. The molecule has 0 saturated heterocycles. The van der Waals surface area contributed by atoms with E-state index in [9.17, 15) is 26.4 Å². The molecule has 0 aliphatic heterocycles. The maximum absolute atomic E-state index is 13.6. The maximum atomic E-state index is 13.6. The van der Waals surface area contributed by atoms with Gasteiger partial charge in [-0.1, -0.05) is 15.9 Å². The lowest BCUT2D eigenvalue weighted by molar-refractivity contribution is 0.101. The third kappa shape index (κ3) is 3.73. The minimum atomic E-state index is -4.80. The van der Waals surface area contributed by atoms with Gasteiger partial charge in [0.15, 0.2) is 23.2 Å². The van der Waals surface area contributed by atoms with Crippen molar-refractivity contribution in [2.45, 2.75) is 11.8 Å². The van der Waals surface area contributed by atoms with Gasteiger partial charge in [-0.2, -0.15) is 8.42 Å². The van der Waals surface area contributed by atoms with Crippen molar-refractivity contribution in [3.05, 3.63) is 57.8 Å². The molecule has 0 N–H and O–H groups in total. The highest BCUT2D eigenvalue weighted by Crippen LogP contribution is 2.28. The summed E-state index contributed by atoms with van der Waals surface area (Å²) < 4.78 is 69.0. The van der Waals surface area contributed by atoms with E-state index in [1.54, 1.807) is 0 Å². The van der Waals surface area contributed by atoms with Gasteiger partial charge in [-0.05, 0) is 25.1 Å². The first-order valence-electron chi connectivity index (χ1n) is 6.01. The molecule has 0 aliphatic carbocycles. The van der Waals surface area contributed by atoms with E-state index in [4.69, 9.17) is 4.18 Å². The summed E-state index contributed by atoms with van der Waals surface area (Å²) in [5.74, 6) is -5.44. The van der Waals surface area contributed by atoms with Crippen molar-refractivity contribution in [3.8, 4) is 5.75 Å². The van der Waals surface area contributed by atoms with Crippen molar-refractivity contribution in [1.29, 1.82) is 0 Å². The van der Waals surface area contributed by atoms with E-state index < -0.39 is 38.2 Å². The van der Waals surface area contributed by atoms with Crippen molar-refractivity contribution in [1.82, 2.24) is 0 Å². The maximum Gasteiger partial charge on any atom is 0.342 e. The van der Waals surface area contributed by atoms with Crippen LogP contribution in [0, 0.1) is 17.5 Å². The van der Waals surface area contributed by atoms with Gasteiger partial charge in [0.05, 0.1) is 5.56 Å². The molecular weight excluding hydrogens is 401 g/mol. The van der Waals surface area contributed by atoms with Crippen LogP contribution in [0.2, 0.25) is 0 Å². The van der Waals surface area contributed by atoms with Crippen molar-refractivity contribution in [2.24, 2.45) is 0 Å². The second kappa shape index (κ2) is 6.32. The zero-order chi connectivity index (χ0) is 17.4. The zero-order valence-corrected chi connectivity index (χ0v) is 13.8. The molecule has 0 amide bonds. The Hall–Kier alpha value is -1.87. The number of rotatable bonds is 4. The number of hydrogen-bond donors (Lipinski definition) is 0. The Kier molecular flexibility index (Phi) is 4.81. The SMILES string of the molecule is CC(=O)c1cc(Br)ccc1OS(=O)(=O)c1cc(F)c(F)cc1F. The van der Waals surface area contributed by atoms with Crippen LogP contribution in [0.4, 0.5) is 13.2 Å². The predicted octanol–water partition coefficient (Wildman–Crippen LogP) is 3.84. The van der Waals surface area contributed by atoms with Crippen LogP contribution in [-0.4, -0.2) is 14.2 Å². The second-order valence-electron chi connectivity index (χ2n) is 4.43. The van der Waals surface area contributed by atoms with Crippen molar-refractivity contribution < 1.29 is 30.6 Å². The van der Waals surface area contributed by atoms with Crippen LogP contribution < -0.4 is 4.18 Å². The summed E-state index contributed by atoms with van der Waals surface area (Å²) in [7, 11) is -4.80. The summed E-state index contributed by atoms with van der Waals surface area (Å²) in [6.07, 6.45) is 0. The van der Waals surface area contributed by atoms with Crippen LogP contribution in [-0.2, 0) is 10.1 Å². The molecule has 0 radical (unpaired) electrons. The largest absolute Gasteiger partial charge is 0.378 e. The molecule has 0 saturated carbocycles. The van der Waals surface area contributed by atoms with Crippen molar-refractivity contribution >= 4 is 31.8 Å². The van der Waals surface area contributed by atoms with E-state index in [0.717, 1.165) is 0 Å². The average molecular weight is 409 g/mol. The standard InChI is InChI=1S/C14H8BrF3O4S/c1-7(19)9-4-8(15)2-3-13(9)22-23(20,21)14-6-11(17)10(16)5-12(14)18/h2-6H,1H3. The quantitative estimate of drug-likeness (QED) is 0.438. The fraction of sp³-hybridized carbons (Fsp3) is 0.0714. The lowest BCUT2D eigenvalue weighted by Gasteiger charge is -2.11. The molecule has 0 atom stereocenters. The van der Waals surface area contributed by atoms with Crippen LogP contribution >= 0.6 is 15.9 Å². The molecule has 0 fully saturated rings. The van der Waals surface area contributed by atoms with Crippen LogP contribution in [0.15, 0.2) is 39.7 Å². The smallest absolute Gasteiger partial charge is 0.342 e. The van der Waals surface area contributed by atoms with E-state index in [0.29, 0.717) is 4.47 Å². The van der Waals surface area contributed by atoms with Crippen molar-refractivity contribution in [3.63, 3.8) is 0 Å². The van der Waals surface area contributed by atoms with E-state index in [1.165, 1.54) is 25.1 Å². The first-order valence-corrected chi connectivity index (χ1v) is 8.21. The molecule has 23 heavy (non-hydrogen) atoms. The highest BCUT2D eigenvalue weighted by atomic mass is 79.9. The Balaban J connectivity index is 2.52. The lowest BCUT2D eigenvalue weighted by Crippen LogP contribution is -2.14. The molecule has 0 bridgehead atoms. The van der Waals surface area contributed by atoms with Crippen LogP contribution in [0.5, 0.6) is 5.75 Å². The molecular formula is C14H8BrF3O4S. The van der Waals surface area contributed by atoms with Gasteiger partial charge >= 0.3 is 10.1 Å². The van der Waals surface area contributed by atoms with Gasteiger partial charge in [-0.15, -0.1) is 0 Å². The first kappa shape index (κ1) is 17.5. The Bertz CT molecular complexity index is 897. The Morgan fingerprint density at radius 1 is 1.04 bits per heavy atom. The Morgan fingerprint density at radius 2 is 1.65 bits per heavy atom. The fourth-order valence-electron chi connectivity index (χ4n) is 1.71. The molecule has 2 rings (SSSR count). The van der Waals surface area contributed by atoms with Crippen molar-refractivity contribution in [2.75, 3.05) is 0 Å². The Morgan fingerprint density at radius 3 is 2.26 bits per heavy atom. The van der Waals surface area contributed by atoms with Gasteiger partial charge < -0.3 is 4.18 Å². The number of carbonyl (C=O) groups is 1. The predicted molar refractivity (Wildman–Crippen MR) is 78.3 cm³/mol. The number of benzene rings is 2. The summed E-state index contributed by atoms with van der Waals surface area (Å²) in [5.41, 5.74) is -0.0778. The molecule has 0 heterocycles. The highest BCUT2D eigenvalue weighted by molar-refractivity contribution is 9.10. The number of halogens is 4. The third-order valence-electron chi connectivity index (χ3n) is 2.76. The number of ketones is 1. The van der Waals surface area contributed by atoms with Gasteiger partial charge in [0.1, 0.15) is 10.7 Å². The summed E-state index contributed by atoms with van der Waals surface area (Å²) in [4.78, 5) is 10.4. The van der Waals surface area contributed by atoms with Gasteiger partial charge in [0, 0.05) is 16.6 Å². The normalized spacial score (nSPS) is 11.3. The van der Waals surface area contributed by atoms with Crippen LogP contribution in [0.1, 0.15) is 17.3 Å². The molecule has 0 spiro atoms. The minimum Gasteiger partial charge on any atom is -0.378 e. The summed E-state index contributed by atoms with van der Waals surface area (Å²) in [6, 6.07) is 4.16. The highest BCUT2D eigenvalue weighted by Gasteiger charge is 2.26. The topological polar surface area (TPSA) is 60.4 Å². The second-order valence-corrected chi connectivity index (χ2v) is 6.86. The van der Waals surface area contributed by atoms with Gasteiger partial charge in [-0.3, -0.25) is 4.79 Å². The van der Waals surface area contributed by atoms with Crippen LogP contribution in [0.25, 0.3) is 0 Å². The van der Waals surface area contributed by atoms with Gasteiger partial charge in [0.25, 0.3) is 0 Å². The fourth-order valence-corrected chi connectivity index (χ4v) is 3.09. The van der Waals surface area contributed by atoms with E-state index >= 15 is 0 Å². The van der Waals surface area contributed by atoms with Gasteiger partial charge in [0.2, 0.25) is 0 Å². The minimum absolute atomic E-state index is 0.0778. The number of carbonyl (C=O) groups excluding carboxylic acids is 1. The zero-order valence-electron chi connectivity index (χ0n) is 11.4. The molecule has 0 unspecified atom stereocenters. The van der Waals surface area contributed by atoms with E-state index in [2.05, 4.69) is 15.9 Å². The first-order chi connectivity index (χ1) is 10.6. The number of Topliss-reactive ketones (excluding diaryl/α,β-unsaturated/α-hetero) is 1. The summed E-state index contributed by atoms with van der Waals surface area (Å²) in [6.45, 7) is 1.18. The monoisotopic (exact) mass is 408 g/mol. The molecule has 9 heteroatoms.